The first kappa shape index (κ1) is 15.3. The number of nitrogens with one attached hydrogen (secondary N) is 1. The maximum Gasteiger partial charge on any atom is 0.251 e. The van der Waals surface area contributed by atoms with Crippen molar-refractivity contribution in [1.29, 1.82) is 0 Å². The first-order valence-electron chi connectivity index (χ1n) is 7.21. The molecule has 0 bridgehead atoms. The van der Waals surface area contributed by atoms with E-state index in [0.717, 1.165) is 11.3 Å². The van der Waals surface area contributed by atoms with Gasteiger partial charge in [0.25, 0.3) is 5.91 Å². The summed E-state index contributed by atoms with van der Waals surface area (Å²) in [4.78, 5) is 12.3. The smallest absolute Gasteiger partial charge is 0.251 e. The zero-order valence-corrected chi connectivity index (χ0v) is 13.5. The zero-order valence-electron chi connectivity index (χ0n) is 12.7. The van der Waals surface area contributed by atoms with E-state index < -0.39 is 0 Å². The number of hydrogen-bond donors (Lipinski definition) is 1. The minimum atomic E-state index is -0.111. The monoisotopic (exact) mass is 327 g/mol. The Morgan fingerprint density at radius 3 is 2.78 bits per heavy atom. The highest BCUT2D eigenvalue weighted by molar-refractivity contribution is 7.07. The number of thiophene rings is 1. The lowest BCUT2D eigenvalue weighted by Crippen LogP contribution is -2.31. The molecular weight excluding hydrogens is 310 g/mol. The van der Waals surface area contributed by atoms with Gasteiger partial charge < -0.3 is 10.1 Å². The van der Waals surface area contributed by atoms with Gasteiger partial charge >= 0.3 is 0 Å². The van der Waals surface area contributed by atoms with Gasteiger partial charge in [0.2, 0.25) is 0 Å². The van der Waals surface area contributed by atoms with Crippen molar-refractivity contribution in [2.24, 2.45) is 0 Å². The number of amides is 1. The number of rotatable bonds is 6. The molecule has 0 fully saturated rings. The van der Waals surface area contributed by atoms with Crippen LogP contribution in [0.5, 0.6) is 5.75 Å². The number of carbonyl (C=O) groups is 1. The quantitative estimate of drug-likeness (QED) is 0.757. The van der Waals surface area contributed by atoms with E-state index in [-0.39, 0.29) is 11.9 Å². The van der Waals surface area contributed by atoms with E-state index in [1.807, 2.05) is 22.3 Å². The third-order valence-electron chi connectivity index (χ3n) is 3.58. The van der Waals surface area contributed by atoms with Gasteiger partial charge in [-0.25, -0.2) is 0 Å². The summed E-state index contributed by atoms with van der Waals surface area (Å²) in [6.45, 7) is 0.475. The van der Waals surface area contributed by atoms with Crippen LogP contribution in [0.2, 0.25) is 0 Å². The summed E-state index contributed by atoms with van der Waals surface area (Å²) < 4.78 is 6.96. The van der Waals surface area contributed by atoms with Crippen molar-refractivity contribution in [3.8, 4) is 5.75 Å². The predicted molar refractivity (Wildman–Crippen MR) is 90.0 cm³/mol. The number of nitrogens with zero attached hydrogens (tertiary/aromatic N) is 2. The second-order valence-electron chi connectivity index (χ2n) is 5.00. The summed E-state index contributed by atoms with van der Waals surface area (Å²) >= 11 is 1.63. The van der Waals surface area contributed by atoms with Gasteiger partial charge in [0.15, 0.2) is 0 Å². The van der Waals surface area contributed by atoms with Crippen molar-refractivity contribution in [3.05, 3.63) is 70.7 Å². The summed E-state index contributed by atoms with van der Waals surface area (Å²) in [5.41, 5.74) is 1.74. The average molecular weight is 327 g/mol. The molecule has 0 unspecified atom stereocenters. The van der Waals surface area contributed by atoms with Crippen LogP contribution in [0, 0.1) is 0 Å². The van der Waals surface area contributed by atoms with E-state index in [0.29, 0.717) is 12.1 Å². The fourth-order valence-corrected chi connectivity index (χ4v) is 3.03. The number of carbonyl (C=O) groups excluding carboxylic acids is 1. The summed E-state index contributed by atoms with van der Waals surface area (Å²) in [6.07, 6.45) is 3.65. The predicted octanol–water partition coefficient (Wildman–Crippen LogP) is 2.97. The Morgan fingerprint density at radius 1 is 1.35 bits per heavy atom. The second-order valence-corrected chi connectivity index (χ2v) is 5.78. The van der Waals surface area contributed by atoms with Crippen LogP contribution in [0.25, 0.3) is 0 Å². The molecule has 1 amide bonds. The van der Waals surface area contributed by atoms with Gasteiger partial charge in [0, 0.05) is 24.5 Å². The molecule has 3 aromatic rings. The summed E-state index contributed by atoms with van der Waals surface area (Å²) in [7, 11) is 1.60. The Bertz CT molecular complexity index is 703. The number of aromatic nitrogens is 2. The molecule has 0 radical (unpaired) electrons. The van der Waals surface area contributed by atoms with Gasteiger partial charge in [-0.15, -0.1) is 0 Å². The van der Waals surface area contributed by atoms with Crippen molar-refractivity contribution >= 4 is 17.2 Å². The Hall–Kier alpha value is -2.60. The van der Waals surface area contributed by atoms with E-state index in [2.05, 4.69) is 21.9 Å². The van der Waals surface area contributed by atoms with Crippen LogP contribution in [-0.2, 0) is 0 Å². The molecule has 2 heterocycles. The molecule has 0 saturated carbocycles. The van der Waals surface area contributed by atoms with Gasteiger partial charge in [0.1, 0.15) is 5.75 Å². The second kappa shape index (κ2) is 7.11. The summed E-state index contributed by atoms with van der Waals surface area (Å²) in [6, 6.07) is 11.0. The topological polar surface area (TPSA) is 56.1 Å². The summed E-state index contributed by atoms with van der Waals surface area (Å²) in [5, 5.41) is 11.4. The standard InChI is InChI=1S/C17H17N3O2S/c1-22-15-5-3-13(4-6-15)17(21)18-11-16(14-7-10-23-12-14)20-9-2-8-19-20/h2-10,12,16H,11H2,1H3,(H,18,21)/t16-/m1/s1. The minimum Gasteiger partial charge on any atom is -0.497 e. The maximum absolute atomic E-state index is 12.3. The molecule has 0 aliphatic carbocycles. The molecule has 3 rings (SSSR count). The molecule has 5 nitrogen and oxygen atoms in total. The number of hydrogen-bond acceptors (Lipinski definition) is 4. The third-order valence-corrected chi connectivity index (χ3v) is 4.28. The largest absolute Gasteiger partial charge is 0.497 e. The van der Waals surface area contributed by atoms with E-state index in [9.17, 15) is 4.79 Å². The SMILES string of the molecule is COc1ccc(C(=O)NC[C@H](c2ccsc2)n2cccn2)cc1. The van der Waals surface area contributed by atoms with Crippen molar-refractivity contribution < 1.29 is 9.53 Å². The molecule has 0 spiro atoms. The molecule has 0 saturated heterocycles. The van der Waals surface area contributed by atoms with Crippen molar-refractivity contribution in [3.63, 3.8) is 0 Å². The van der Waals surface area contributed by atoms with Crippen LogP contribution in [0.1, 0.15) is 22.0 Å². The first-order valence-corrected chi connectivity index (χ1v) is 8.15. The van der Waals surface area contributed by atoms with Gasteiger partial charge in [-0.1, -0.05) is 0 Å². The lowest BCUT2D eigenvalue weighted by molar-refractivity contribution is 0.0949. The number of methoxy groups -OCH3 is 1. The van der Waals surface area contributed by atoms with Crippen molar-refractivity contribution in [2.45, 2.75) is 6.04 Å². The van der Waals surface area contributed by atoms with E-state index in [4.69, 9.17) is 4.74 Å². The Labute approximate surface area is 138 Å². The van der Waals surface area contributed by atoms with Crippen molar-refractivity contribution in [2.75, 3.05) is 13.7 Å². The van der Waals surface area contributed by atoms with Gasteiger partial charge in [-0.05, 0) is 52.7 Å². The molecule has 6 heteroatoms. The van der Waals surface area contributed by atoms with Gasteiger partial charge in [-0.3, -0.25) is 9.48 Å². The summed E-state index contributed by atoms with van der Waals surface area (Å²) in [5.74, 6) is 0.620. The molecule has 1 N–H and O–H groups in total. The normalized spacial score (nSPS) is 11.9. The molecule has 118 valence electrons. The average Bonchev–Trinajstić information content (AvgIpc) is 3.29. The highest BCUT2D eigenvalue weighted by Gasteiger charge is 2.16. The van der Waals surface area contributed by atoms with Gasteiger partial charge in [-0.2, -0.15) is 16.4 Å². The van der Waals surface area contributed by atoms with E-state index in [1.54, 1.807) is 48.9 Å². The minimum absolute atomic E-state index is 0.0153. The van der Waals surface area contributed by atoms with Crippen LogP contribution in [0.3, 0.4) is 0 Å². The Kier molecular flexibility index (Phi) is 4.73. The number of ether oxygens (including phenoxy) is 1. The fourth-order valence-electron chi connectivity index (χ4n) is 2.33. The van der Waals surface area contributed by atoms with E-state index in [1.165, 1.54) is 0 Å². The lowest BCUT2D eigenvalue weighted by atomic mass is 10.1. The molecule has 23 heavy (non-hydrogen) atoms. The number of benzene rings is 1. The lowest BCUT2D eigenvalue weighted by Gasteiger charge is -2.17. The van der Waals surface area contributed by atoms with Crippen LogP contribution in [-0.4, -0.2) is 29.3 Å². The highest BCUT2D eigenvalue weighted by Crippen LogP contribution is 2.20. The molecule has 1 atom stereocenters. The molecule has 0 aliphatic rings. The Balaban J connectivity index is 1.70. The van der Waals surface area contributed by atoms with Crippen LogP contribution < -0.4 is 10.1 Å². The molecule has 2 aromatic heterocycles. The molecule has 1 aromatic carbocycles. The third kappa shape index (κ3) is 3.60. The maximum atomic E-state index is 12.3. The fraction of sp³-hybridized carbons (Fsp3) is 0.176. The highest BCUT2D eigenvalue weighted by atomic mass is 32.1. The molecule has 0 aliphatic heterocycles. The van der Waals surface area contributed by atoms with Gasteiger partial charge in [0.05, 0.1) is 13.2 Å². The van der Waals surface area contributed by atoms with E-state index >= 15 is 0 Å². The molecular formula is C17H17N3O2S. The first-order chi connectivity index (χ1) is 11.3. The van der Waals surface area contributed by atoms with Crippen LogP contribution in [0.4, 0.5) is 0 Å². The zero-order chi connectivity index (χ0) is 16.1. The van der Waals surface area contributed by atoms with Crippen molar-refractivity contribution in [1.82, 2.24) is 15.1 Å². The van der Waals surface area contributed by atoms with Crippen LogP contribution >= 0.6 is 11.3 Å². The van der Waals surface area contributed by atoms with Crippen LogP contribution in [0.15, 0.2) is 59.6 Å². The Morgan fingerprint density at radius 2 is 2.17 bits per heavy atom.